The summed E-state index contributed by atoms with van der Waals surface area (Å²) in [6.07, 6.45) is 3.39. The van der Waals surface area contributed by atoms with Gasteiger partial charge in [-0.2, -0.15) is 0 Å². The predicted molar refractivity (Wildman–Crippen MR) is 83.0 cm³/mol. The molecule has 0 radical (unpaired) electrons. The fourth-order valence-electron chi connectivity index (χ4n) is 4.05. The molecular formula is C17H21ClFNO2. The smallest absolute Gasteiger partial charge is 0.310 e. The number of ether oxygens (including phenoxy) is 1. The minimum atomic E-state index is -0.408. The molecule has 4 atom stereocenters. The van der Waals surface area contributed by atoms with Crippen LogP contribution in [0.3, 0.4) is 0 Å². The van der Waals surface area contributed by atoms with Crippen molar-refractivity contribution in [3.63, 3.8) is 0 Å². The van der Waals surface area contributed by atoms with Gasteiger partial charge in [-0.15, -0.1) is 0 Å². The standard InChI is InChI=1S/C17H21ClFNO2/c1-2-22-17(21)15-11-4-5-12(8-11)16(15)20-9-10-3-6-14(19)13(18)7-10/h3,6-7,11-12,15-16,20H,2,4-5,8-9H2,1H3/t11-,12+,15?,16?/m1/s1. The van der Waals surface area contributed by atoms with Gasteiger partial charge in [-0.05, 0) is 55.7 Å². The molecule has 0 aromatic heterocycles. The Morgan fingerprint density at radius 1 is 1.41 bits per heavy atom. The zero-order valence-corrected chi connectivity index (χ0v) is 13.4. The van der Waals surface area contributed by atoms with Gasteiger partial charge in [0, 0.05) is 12.6 Å². The molecule has 5 heteroatoms. The summed E-state index contributed by atoms with van der Waals surface area (Å²) in [6, 6.07) is 4.89. The summed E-state index contributed by atoms with van der Waals surface area (Å²) < 4.78 is 18.4. The fourth-order valence-corrected chi connectivity index (χ4v) is 4.25. The Morgan fingerprint density at radius 3 is 2.91 bits per heavy atom. The van der Waals surface area contributed by atoms with Crippen molar-refractivity contribution in [2.75, 3.05) is 6.61 Å². The molecule has 3 nitrogen and oxygen atoms in total. The highest BCUT2D eigenvalue weighted by atomic mass is 35.5. The Morgan fingerprint density at radius 2 is 2.18 bits per heavy atom. The van der Waals surface area contributed by atoms with Gasteiger partial charge in [0.2, 0.25) is 0 Å². The molecule has 2 aliphatic carbocycles. The third-order valence-electron chi connectivity index (χ3n) is 5.00. The van der Waals surface area contributed by atoms with Crippen molar-refractivity contribution in [2.45, 2.75) is 38.8 Å². The zero-order valence-electron chi connectivity index (χ0n) is 12.6. The van der Waals surface area contributed by atoms with E-state index in [2.05, 4.69) is 5.32 Å². The molecule has 0 saturated heterocycles. The number of hydrogen-bond donors (Lipinski definition) is 1. The van der Waals surface area contributed by atoms with Gasteiger partial charge < -0.3 is 10.1 Å². The molecular weight excluding hydrogens is 305 g/mol. The van der Waals surface area contributed by atoms with Crippen LogP contribution in [0.25, 0.3) is 0 Å². The van der Waals surface area contributed by atoms with E-state index in [1.54, 1.807) is 12.1 Å². The molecule has 22 heavy (non-hydrogen) atoms. The van der Waals surface area contributed by atoms with Crippen LogP contribution in [0.5, 0.6) is 0 Å². The van der Waals surface area contributed by atoms with Crippen LogP contribution in [-0.4, -0.2) is 18.6 Å². The van der Waals surface area contributed by atoms with E-state index in [-0.39, 0.29) is 23.0 Å². The SMILES string of the molecule is CCOC(=O)C1C(NCc2ccc(F)c(Cl)c2)[C@H]2CC[C@@H]1C2. The normalized spacial score (nSPS) is 29.8. The van der Waals surface area contributed by atoms with E-state index in [1.165, 1.54) is 12.5 Å². The Bertz CT molecular complexity index is 566. The molecule has 1 N–H and O–H groups in total. The number of hydrogen-bond acceptors (Lipinski definition) is 3. The molecule has 1 aromatic rings. The van der Waals surface area contributed by atoms with E-state index in [0.717, 1.165) is 18.4 Å². The van der Waals surface area contributed by atoms with Crippen LogP contribution < -0.4 is 5.32 Å². The maximum absolute atomic E-state index is 13.2. The lowest BCUT2D eigenvalue weighted by atomic mass is 9.84. The topological polar surface area (TPSA) is 38.3 Å². The highest BCUT2D eigenvalue weighted by Gasteiger charge is 2.51. The van der Waals surface area contributed by atoms with Crippen molar-refractivity contribution in [3.05, 3.63) is 34.6 Å². The molecule has 2 aliphatic rings. The van der Waals surface area contributed by atoms with Crippen LogP contribution in [0.1, 0.15) is 31.7 Å². The molecule has 2 saturated carbocycles. The van der Waals surface area contributed by atoms with E-state index in [1.807, 2.05) is 6.92 Å². The van der Waals surface area contributed by atoms with Gasteiger partial charge in [-0.3, -0.25) is 4.79 Å². The summed E-state index contributed by atoms with van der Waals surface area (Å²) in [5.41, 5.74) is 0.928. The van der Waals surface area contributed by atoms with E-state index < -0.39 is 5.82 Å². The summed E-state index contributed by atoms with van der Waals surface area (Å²) >= 11 is 5.82. The first kappa shape index (κ1) is 15.8. The first-order chi connectivity index (χ1) is 10.6. The van der Waals surface area contributed by atoms with E-state index >= 15 is 0 Å². The van der Waals surface area contributed by atoms with Gasteiger partial charge in [0.15, 0.2) is 0 Å². The van der Waals surface area contributed by atoms with Crippen LogP contribution in [0, 0.1) is 23.6 Å². The van der Waals surface area contributed by atoms with Crippen LogP contribution in [0.4, 0.5) is 4.39 Å². The van der Waals surface area contributed by atoms with Gasteiger partial charge in [0.1, 0.15) is 5.82 Å². The summed E-state index contributed by atoms with van der Waals surface area (Å²) in [5.74, 6) is 0.447. The molecule has 3 rings (SSSR count). The number of rotatable bonds is 5. The second kappa shape index (κ2) is 6.55. The quantitative estimate of drug-likeness (QED) is 0.841. The predicted octanol–water partition coefficient (Wildman–Crippen LogP) is 3.55. The van der Waals surface area contributed by atoms with Crippen molar-refractivity contribution in [2.24, 2.45) is 17.8 Å². The summed E-state index contributed by atoms with van der Waals surface area (Å²) in [7, 11) is 0. The van der Waals surface area contributed by atoms with Gasteiger partial charge in [-0.1, -0.05) is 17.7 Å². The molecule has 2 bridgehead atoms. The third kappa shape index (κ3) is 2.99. The summed E-state index contributed by atoms with van der Waals surface area (Å²) in [6.45, 7) is 2.85. The zero-order chi connectivity index (χ0) is 15.7. The minimum absolute atomic E-state index is 0.0466. The van der Waals surface area contributed by atoms with Crippen molar-refractivity contribution >= 4 is 17.6 Å². The lowest BCUT2D eigenvalue weighted by molar-refractivity contribution is -0.150. The minimum Gasteiger partial charge on any atom is -0.466 e. The largest absolute Gasteiger partial charge is 0.466 e. The number of esters is 1. The average molecular weight is 326 g/mol. The maximum atomic E-state index is 13.2. The first-order valence-electron chi connectivity index (χ1n) is 7.94. The fraction of sp³-hybridized carbons (Fsp3) is 0.588. The third-order valence-corrected chi connectivity index (χ3v) is 5.29. The Kier molecular flexibility index (Phi) is 4.69. The van der Waals surface area contributed by atoms with E-state index in [0.29, 0.717) is 25.0 Å². The van der Waals surface area contributed by atoms with Gasteiger partial charge >= 0.3 is 5.97 Å². The monoisotopic (exact) mass is 325 g/mol. The van der Waals surface area contributed by atoms with Crippen molar-refractivity contribution in [1.82, 2.24) is 5.32 Å². The Balaban J connectivity index is 1.67. The Labute approximate surface area is 135 Å². The molecule has 0 aliphatic heterocycles. The Hall–Kier alpha value is -1.13. The number of carbonyl (C=O) groups is 1. The molecule has 120 valence electrons. The van der Waals surface area contributed by atoms with Crippen LogP contribution >= 0.6 is 11.6 Å². The number of carbonyl (C=O) groups excluding carboxylic acids is 1. The first-order valence-corrected chi connectivity index (χ1v) is 8.32. The molecule has 2 unspecified atom stereocenters. The second-order valence-corrected chi connectivity index (χ2v) is 6.67. The summed E-state index contributed by atoms with van der Waals surface area (Å²) in [4.78, 5) is 12.2. The van der Waals surface area contributed by atoms with Crippen LogP contribution in [-0.2, 0) is 16.1 Å². The number of benzene rings is 1. The van der Waals surface area contributed by atoms with Crippen molar-refractivity contribution in [1.29, 1.82) is 0 Å². The second-order valence-electron chi connectivity index (χ2n) is 6.27. The van der Waals surface area contributed by atoms with Crippen LogP contribution in [0.2, 0.25) is 5.02 Å². The molecule has 1 aromatic carbocycles. The van der Waals surface area contributed by atoms with Gasteiger partial charge in [0.05, 0.1) is 17.5 Å². The molecule has 0 amide bonds. The van der Waals surface area contributed by atoms with Crippen molar-refractivity contribution < 1.29 is 13.9 Å². The van der Waals surface area contributed by atoms with Crippen molar-refractivity contribution in [3.8, 4) is 0 Å². The highest BCUT2D eigenvalue weighted by molar-refractivity contribution is 6.30. The number of fused-ring (bicyclic) bond motifs is 2. The molecule has 2 fully saturated rings. The highest BCUT2D eigenvalue weighted by Crippen LogP contribution is 2.49. The van der Waals surface area contributed by atoms with Gasteiger partial charge in [-0.25, -0.2) is 4.39 Å². The van der Waals surface area contributed by atoms with Gasteiger partial charge in [0.25, 0.3) is 0 Å². The summed E-state index contributed by atoms with van der Waals surface area (Å²) in [5, 5.41) is 3.62. The molecule has 0 spiro atoms. The average Bonchev–Trinajstić information content (AvgIpc) is 3.09. The lowest BCUT2D eigenvalue weighted by Crippen LogP contribution is -2.44. The van der Waals surface area contributed by atoms with E-state index in [4.69, 9.17) is 16.3 Å². The lowest BCUT2D eigenvalue weighted by Gasteiger charge is -2.30. The van der Waals surface area contributed by atoms with Crippen LogP contribution in [0.15, 0.2) is 18.2 Å². The number of halogens is 2. The van der Waals surface area contributed by atoms with E-state index in [9.17, 15) is 9.18 Å². The number of nitrogens with one attached hydrogen (secondary N) is 1. The maximum Gasteiger partial charge on any atom is 0.310 e. The molecule has 0 heterocycles.